The zero-order chi connectivity index (χ0) is 14.8. The number of carbonyl (C=O) groups is 1. The van der Waals surface area contributed by atoms with E-state index in [0.717, 1.165) is 23.3 Å². The van der Waals surface area contributed by atoms with Crippen molar-refractivity contribution in [3.05, 3.63) is 56.0 Å². The lowest BCUT2D eigenvalue weighted by molar-refractivity contribution is 0.0996. The van der Waals surface area contributed by atoms with Crippen LogP contribution in [0.2, 0.25) is 5.02 Å². The van der Waals surface area contributed by atoms with Gasteiger partial charge in [-0.2, -0.15) is 0 Å². The number of benzene rings is 1. The van der Waals surface area contributed by atoms with Crippen molar-refractivity contribution in [2.75, 3.05) is 0 Å². The fraction of sp³-hybridized carbons (Fsp3) is 0.353. The predicted octanol–water partition coefficient (Wildman–Crippen LogP) is 5.23. The van der Waals surface area contributed by atoms with Crippen LogP contribution < -0.4 is 0 Å². The van der Waals surface area contributed by atoms with Crippen molar-refractivity contribution < 1.29 is 9.18 Å². The quantitative estimate of drug-likeness (QED) is 0.558. The third-order valence-corrected chi connectivity index (χ3v) is 5.44. The van der Waals surface area contributed by atoms with Gasteiger partial charge in [-0.05, 0) is 55.0 Å². The Morgan fingerprint density at radius 2 is 2.00 bits per heavy atom. The molecule has 0 atom stereocenters. The third-order valence-electron chi connectivity index (χ3n) is 3.87. The summed E-state index contributed by atoms with van der Waals surface area (Å²) in [5.74, 6) is -0.355. The Labute approximate surface area is 132 Å². The number of Topliss-reactive ketones (excluding diaryl/α,β-unsaturated/α-hetero) is 1. The van der Waals surface area contributed by atoms with Gasteiger partial charge in [-0.15, -0.1) is 11.3 Å². The Morgan fingerprint density at radius 1 is 1.19 bits per heavy atom. The highest BCUT2D eigenvalue weighted by Gasteiger charge is 2.17. The summed E-state index contributed by atoms with van der Waals surface area (Å²) in [6, 6.07) is 6.53. The number of hydrogen-bond donors (Lipinski definition) is 0. The molecule has 0 aliphatic heterocycles. The van der Waals surface area contributed by atoms with Crippen molar-refractivity contribution >= 4 is 28.7 Å². The number of halogens is 2. The Bertz CT molecular complexity index is 654. The number of carbonyl (C=O) groups excluding carboxylic acids is 1. The highest BCUT2D eigenvalue weighted by molar-refractivity contribution is 7.14. The first-order valence-electron chi connectivity index (χ1n) is 7.22. The number of fused-ring (bicyclic) bond motifs is 1. The molecule has 1 aromatic heterocycles. The minimum Gasteiger partial charge on any atom is -0.293 e. The molecular formula is C17H16ClFOS. The van der Waals surface area contributed by atoms with Crippen LogP contribution in [0.25, 0.3) is 0 Å². The maximum absolute atomic E-state index is 13.1. The van der Waals surface area contributed by atoms with E-state index in [0.29, 0.717) is 0 Å². The SMILES string of the molecule is O=C(Cc1ccc(F)c(Cl)c1)c1cc2c(s1)CCCCC2. The van der Waals surface area contributed by atoms with Crippen molar-refractivity contribution in [2.45, 2.75) is 38.5 Å². The molecule has 21 heavy (non-hydrogen) atoms. The molecule has 0 N–H and O–H groups in total. The molecule has 1 aliphatic carbocycles. The summed E-state index contributed by atoms with van der Waals surface area (Å²) in [6.45, 7) is 0. The van der Waals surface area contributed by atoms with Crippen LogP contribution in [0.15, 0.2) is 24.3 Å². The summed E-state index contributed by atoms with van der Waals surface area (Å²) in [5, 5.41) is 0.0715. The lowest BCUT2D eigenvalue weighted by atomic mass is 10.1. The highest BCUT2D eigenvalue weighted by atomic mass is 35.5. The van der Waals surface area contributed by atoms with Gasteiger partial charge in [0.15, 0.2) is 5.78 Å². The van der Waals surface area contributed by atoms with E-state index < -0.39 is 5.82 Å². The summed E-state index contributed by atoms with van der Waals surface area (Å²) in [5.41, 5.74) is 2.10. The lowest BCUT2D eigenvalue weighted by Crippen LogP contribution is -2.01. The van der Waals surface area contributed by atoms with E-state index in [9.17, 15) is 9.18 Å². The molecule has 110 valence electrons. The largest absolute Gasteiger partial charge is 0.293 e. The van der Waals surface area contributed by atoms with E-state index in [1.54, 1.807) is 17.4 Å². The average molecular weight is 323 g/mol. The molecule has 0 unspecified atom stereocenters. The van der Waals surface area contributed by atoms with Crippen LogP contribution >= 0.6 is 22.9 Å². The summed E-state index contributed by atoms with van der Waals surface area (Å²) < 4.78 is 13.1. The standard InChI is InChI=1S/C17H16ClFOS/c18-13-8-11(6-7-14(13)19)9-15(20)17-10-12-4-2-1-3-5-16(12)21-17/h6-8,10H,1-5,9H2. The Balaban J connectivity index is 1.77. The van der Waals surface area contributed by atoms with Gasteiger partial charge in [0, 0.05) is 11.3 Å². The Morgan fingerprint density at radius 3 is 2.81 bits per heavy atom. The fourth-order valence-corrected chi connectivity index (χ4v) is 4.12. The maximum atomic E-state index is 13.1. The lowest BCUT2D eigenvalue weighted by Gasteiger charge is -2.01. The Hall–Kier alpha value is -1.19. The van der Waals surface area contributed by atoms with E-state index in [1.807, 2.05) is 0 Å². The first-order valence-corrected chi connectivity index (χ1v) is 8.41. The molecule has 3 rings (SSSR count). The number of ketones is 1. The van der Waals surface area contributed by atoms with Gasteiger partial charge in [0.05, 0.1) is 9.90 Å². The van der Waals surface area contributed by atoms with Crippen LogP contribution in [0.3, 0.4) is 0 Å². The molecular weight excluding hydrogens is 307 g/mol. The smallest absolute Gasteiger partial charge is 0.177 e. The van der Waals surface area contributed by atoms with Gasteiger partial charge in [-0.1, -0.05) is 24.1 Å². The molecule has 0 spiro atoms. The van der Waals surface area contributed by atoms with Gasteiger partial charge in [-0.3, -0.25) is 4.79 Å². The summed E-state index contributed by atoms with van der Waals surface area (Å²) >= 11 is 7.39. The zero-order valence-corrected chi connectivity index (χ0v) is 13.2. The van der Waals surface area contributed by atoms with Crippen molar-refractivity contribution in [1.82, 2.24) is 0 Å². The molecule has 0 bridgehead atoms. The molecule has 0 amide bonds. The zero-order valence-electron chi connectivity index (χ0n) is 11.6. The second-order valence-electron chi connectivity index (χ2n) is 5.47. The molecule has 1 heterocycles. The molecule has 0 saturated heterocycles. The topological polar surface area (TPSA) is 17.1 Å². The van der Waals surface area contributed by atoms with E-state index >= 15 is 0 Å². The van der Waals surface area contributed by atoms with Crippen LogP contribution in [-0.4, -0.2) is 5.78 Å². The molecule has 0 fully saturated rings. The van der Waals surface area contributed by atoms with Gasteiger partial charge in [0.25, 0.3) is 0 Å². The summed E-state index contributed by atoms with van der Waals surface area (Å²) in [7, 11) is 0. The van der Waals surface area contributed by atoms with Crippen LogP contribution in [0.5, 0.6) is 0 Å². The third kappa shape index (κ3) is 3.35. The van der Waals surface area contributed by atoms with Crippen LogP contribution in [0.1, 0.15) is 44.9 Å². The summed E-state index contributed by atoms with van der Waals surface area (Å²) in [6.07, 6.45) is 6.16. The number of hydrogen-bond acceptors (Lipinski definition) is 2. The number of aryl methyl sites for hydroxylation is 2. The molecule has 1 aromatic carbocycles. The van der Waals surface area contributed by atoms with E-state index in [2.05, 4.69) is 6.07 Å². The van der Waals surface area contributed by atoms with E-state index in [4.69, 9.17) is 11.6 Å². The molecule has 2 aromatic rings. The first-order chi connectivity index (χ1) is 10.1. The fourth-order valence-electron chi connectivity index (χ4n) is 2.73. The van der Waals surface area contributed by atoms with Gasteiger partial charge < -0.3 is 0 Å². The normalized spacial score (nSPS) is 14.6. The van der Waals surface area contributed by atoms with Crippen LogP contribution in [0.4, 0.5) is 4.39 Å². The maximum Gasteiger partial charge on any atom is 0.177 e. The number of rotatable bonds is 3. The van der Waals surface area contributed by atoms with Gasteiger partial charge >= 0.3 is 0 Å². The van der Waals surface area contributed by atoms with E-state index in [-0.39, 0.29) is 17.2 Å². The van der Waals surface area contributed by atoms with Crippen molar-refractivity contribution in [1.29, 1.82) is 0 Å². The monoisotopic (exact) mass is 322 g/mol. The van der Waals surface area contributed by atoms with Crippen molar-refractivity contribution in [3.8, 4) is 0 Å². The molecule has 0 saturated carbocycles. The van der Waals surface area contributed by atoms with E-state index in [1.165, 1.54) is 41.8 Å². The summed E-state index contributed by atoms with van der Waals surface area (Å²) in [4.78, 5) is 14.6. The minimum absolute atomic E-state index is 0.0715. The minimum atomic E-state index is -0.448. The van der Waals surface area contributed by atoms with Crippen molar-refractivity contribution in [3.63, 3.8) is 0 Å². The van der Waals surface area contributed by atoms with Gasteiger partial charge in [0.1, 0.15) is 5.82 Å². The predicted molar refractivity (Wildman–Crippen MR) is 85.0 cm³/mol. The van der Waals surface area contributed by atoms with Crippen LogP contribution in [-0.2, 0) is 19.3 Å². The first kappa shape index (κ1) is 14.7. The molecule has 0 radical (unpaired) electrons. The van der Waals surface area contributed by atoms with Gasteiger partial charge in [-0.25, -0.2) is 4.39 Å². The Kier molecular flexibility index (Phi) is 4.41. The highest BCUT2D eigenvalue weighted by Crippen LogP contribution is 2.30. The molecule has 4 heteroatoms. The second kappa shape index (κ2) is 6.29. The van der Waals surface area contributed by atoms with Crippen LogP contribution in [0, 0.1) is 5.82 Å². The second-order valence-corrected chi connectivity index (χ2v) is 7.01. The van der Waals surface area contributed by atoms with Gasteiger partial charge in [0.2, 0.25) is 0 Å². The molecule has 1 aliphatic rings. The number of thiophene rings is 1. The van der Waals surface area contributed by atoms with Crippen molar-refractivity contribution in [2.24, 2.45) is 0 Å². The molecule has 1 nitrogen and oxygen atoms in total. The average Bonchev–Trinajstić information content (AvgIpc) is 2.74.